The van der Waals surface area contributed by atoms with Crippen molar-refractivity contribution in [1.29, 1.82) is 0 Å². The van der Waals surface area contributed by atoms with Crippen molar-refractivity contribution < 1.29 is 9.59 Å². The predicted molar refractivity (Wildman–Crippen MR) is 96.3 cm³/mol. The van der Waals surface area contributed by atoms with Crippen molar-refractivity contribution in [1.82, 2.24) is 20.2 Å². The topological polar surface area (TPSA) is 75.2 Å². The van der Waals surface area contributed by atoms with E-state index in [1.807, 2.05) is 24.8 Å². The van der Waals surface area contributed by atoms with Crippen LogP contribution in [0.4, 0.5) is 0 Å². The fourth-order valence-corrected chi connectivity index (χ4v) is 3.16. The molecule has 1 aliphatic heterocycles. The molecule has 0 atom stereocenters. The number of fused-ring (bicyclic) bond motifs is 1. The molecule has 1 saturated heterocycles. The second-order valence-corrected chi connectivity index (χ2v) is 6.76. The Hall–Kier alpha value is -2.50. The average Bonchev–Trinajstić information content (AvgIpc) is 2.60. The number of piperidine rings is 1. The summed E-state index contributed by atoms with van der Waals surface area (Å²) >= 11 is 0. The van der Waals surface area contributed by atoms with Gasteiger partial charge in [-0.1, -0.05) is 0 Å². The van der Waals surface area contributed by atoms with E-state index in [4.69, 9.17) is 0 Å². The van der Waals surface area contributed by atoms with Crippen molar-refractivity contribution in [3.05, 3.63) is 35.2 Å². The lowest BCUT2D eigenvalue weighted by molar-refractivity contribution is -0.130. The fourth-order valence-electron chi connectivity index (χ4n) is 3.16. The molecule has 1 aromatic heterocycles. The van der Waals surface area contributed by atoms with Crippen LogP contribution in [0.2, 0.25) is 0 Å². The molecular weight excluding hydrogens is 316 g/mol. The molecule has 1 fully saturated rings. The number of aryl methyl sites for hydroxylation is 2. The molecule has 2 heterocycles. The summed E-state index contributed by atoms with van der Waals surface area (Å²) in [5.74, 6) is 0.464. The largest absolute Gasteiger partial charge is 0.352 e. The van der Waals surface area contributed by atoms with Crippen molar-refractivity contribution in [2.75, 3.05) is 19.6 Å². The molecule has 0 bridgehead atoms. The standard InChI is InChI=1S/C19H24N4O2/c1-12-13(2)22-18-10-16(4-5-17(18)21-12)19(25)20-11-15-6-8-23(9-7-15)14(3)24/h4-5,10,15H,6-9,11H2,1-3H3,(H,20,25). The quantitative estimate of drug-likeness (QED) is 0.930. The number of hydrogen-bond donors (Lipinski definition) is 1. The van der Waals surface area contributed by atoms with Crippen LogP contribution in [-0.4, -0.2) is 46.3 Å². The monoisotopic (exact) mass is 340 g/mol. The number of hydrogen-bond acceptors (Lipinski definition) is 4. The van der Waals surface area contributed by atoms with Gasteiger partial charge in [-0.2, -0.15) is 0 Å². The first-order valence-electron chi connectivity index (χ1n) is 8.73. The Kier molecular flexibility index (Phi) is 4.97. The Balaban J connectivity index is 1.61. The Morgan fingerprint density at radius 3 is 2.40 bits per heavy atom. The molecule has 6 heteroatoms. The molecule has 1 aliphatic rings. The first-order chi connectivity index (χ1) is 11.9. The van der Waals surface area contributed by atoms with Crippen LogP contribution in [0.3, 0.4) is 0 Å². The first-order valence-corrected chi connectivity index (χ1v) is 8.73. The SMILES string of the molecule is CC(=O)N1CCC(CNC(=O)c2ccc3nc(C)c(C)nc3c2)CC1. The van der Waals surface area contributed by atoms with Gasteiger partial charge in [0, 0.05) is 32.1 Å². The summed E-state index contributed by atoms with van der Waals surface area (Å²) in [5.41, 5.74) is 3.93. The van der Waals surface area contributed by atoms with E-state index >= 15 is 0 Å². The highest BCUT2D eigenvalue weighted by atomic mass is 16.2. The summed E-state index contributed by atoms with van der Waals surface area (Å²) in [6, 6.07) is 5.43. The highest BCUT2D eigenvalue weighted by Gasteiger charge is 2.21. The summed E-state index contributed by atoms with van der Waals surface area (Å²) in [5, 5.41) is 3.01. The van der Waals surface area contributed by atoms with Crippen LogP contribution in [0.15, 0.2) is 18.2 Å². The van der Waals surface area contributed by atoms with Gasteiger partial charge in [0.05, 0.1) is 22.4 Å². The van der Waals surface area contributed by atoms with E-state index in [0.29, 0.717) is 18.0 Å². The minimum absolute atomic E-state index is 0.0871. The maximum absolute atomic E-state index is 12.4. The van der Waals surface area contributed by atoms with Gasteiger partial charge in [-0.15, -0.1) is 0 Å². The smallest absolute Gasteiger partial charge is 0.251 e. The van der Waals surface area contributed by atoms with Crippen molar-refractivity contribution in [3.8, 4) is 0 Å². The lowest BCUT2D eigenvalue weighted by atomic mass is 9.96. The Morgan fingerprint density at radius 2 is 1.76 bits per heavy atom. The van der Waals surface area contributed by atoms with Crippen LogP contribution in [0.25, 0.3) is 11.0 Å². The third-order valence-corrected chi connectivity index (χ3v) is 4.95. The van der Waals surface area contributed by atoms with E-state index in [9.17, 15) is 9.59 Å². The highest BCUT2D eigenvalue weighted by molar-refractivity contribution is 5.97. The van der Waals surface area contributed by atoms with E-state index in [1.54, 1.807) is 19.1 Å². The number of carbonyl (C=O) groups is 2. The minimum atomic E-state index is -0.0871. The van der Waals surface area contributed by atoms with Gasteiger partial charge in [0.2, 0.25) is 5.91 Å². The Bertz CT molecular complexity index is 810. The summed E-state index contributed by atoms with van der Waals surface area (Å²) in [7, 11) is 0. The normalized spacial score (nSPS) is 15.4. The maximum Gasteiger partial charge on any atom is 0.251 e. The molecule has 0 radical (unpaired) electrons. The number of likely N-dealkylation sites (tertiary alicyclic amines) is 1. The molecule has 3 rings (SSSR count). The number of amides is 2. The number of nitrogens with one attached hydrogen (secondary N) is 1. The van der Waals surface area contributed by atoms with E-state index in [2.05, 4.69) is 15.3 Å². The number of aromatic nitrogens is 2. The molecule has 0 spiro atoms. The third-order valence-electron chi connectivity index (χ3n) is 4.95. The molecule has 1 N–H and O–H groups in total. The molecule has 0 saturated carbocycles. The Labute approximate surface area is 147 Å². The lowest BCUT2D eigenvalue weighted by Gasteiger charge is -2.31. The molecule has 1 aromatic carbocycles. The summed E-state index contributed by atoms with van der Waals surface area (Å²) < 4.78 is 0. The molecule has 6 nitrogen and oxygen atoms in total. The summed E-state index contributed by atoms with van der Waals surface area (Å²) in [6.07, 6.45) is 1.86. The lowest BCUT2D eigenvalue weighted by Crippen LogP contribution is -2.40. The number of nitrogens with zero attached hydrogens (tertiary/aromatic N) is 3. The second kappa shape index (κ2) is 7.17. The summed E-state index contributed by atoms with van der Waals surface area (Å²) in [6.45, 7) is 7.65. The van der Waals surface area contributed by atoms with Gasteiger partial charge >= 0.3 is 0 Å². The van der Waals surface area contributed by atoms with Crippen molar-refractivity contribution in [2.45, 2.75) is 33.6 Å². The number of benzene rings is 1. The zero-order valence-electron chi connectivity index (χ0n) is 15.0. The molecular formula is C19H24N4O2. The van der Waals surface area contributed by atoms with E-state index in [0.717, 1.165) is 48.4 Å². The zero-order valence-corrected chi connectivity index (χ0v) is 15.0. The third kappa shape index (κ3) is 3.95. The molecule has 0 unspecified atom stereocenters. The molecule has 132 valence electrons. The first kappa shape index (κ1) is 17.3. The van der Waals surface area contributed by atoms with Gasteiger partial charge in [-0.3, -0.25) is 9.59 Å². The number of carbonyl (C=O) groups excluding carboxylic acids is 2. The average molecular weight is 340 g/mol. The minimum Gasteiger partial charge on any atom is -0.352 e. The van der Waals surface area contributed by atoms with Gasteiger partial charge in [0.15, 0.2) is 0 Å². The van der Waals surface area contributed by atoms with Gasteiger partial charge in [-0.05, 0) is 50.8 Å². The molecule has 25 heavy (non-hydrogen) atoms. The van der Waals surface area contributed by atoms with E-state index in [-0.39, 0.29) is 11.8 Å². The maximum atomic E-state index is 12.4. The molecule has 2 amide bonds. The zero-order chi connectivity index (χ0) is 18.0. The molecule has 0 aliphatic carbocycles. The van der Waals surface area contributed by atoms with Gasteiger partial charge in [0.25, 0.3) is 5.91 Å². The van der Waals surface area contributed by atoms with Crippen LogP contribution >= 0.6 is 0 Å². The van der Waals surface area contributed by atoms with Gasteiger partial charge in [0.1, 0.15) is 0 Å². The van der Waals surface area contributed by atoms with Crippen LogP contribution in [0.1, 0.15) is 41.5 Å². The van der Waals surface area contributed by atoms with Crippen LogP contribution in [0.5, 0.6) is 0 Å². The molecule has 2 aromatic rings. The van der Waals surface area contributed by atoms with Crippen LogP contribution < -0.4 is 5.32 Å². The second-order valence-electron chi connectivity index (χ2n) is 6.76. The van der Waals surface area contributed by atoms with Crippen LogP contribution in [-0.2, 0) is 4.79 Å². The Morgan fingerprint density at radius 1 is 1.12 bits per heavy atom. The number of rotatable bonds is 3. The van der Waals surface area contributed by atoms with Crippen molar-refractivity contribution in [3.63, 3.8) is 0 Å². The van der Waals surface area contributed by atoms with Crippen molar-refractivity contribution >= 4 is 22.8 Å². The summed E-state index contributed by atoms with van der Waals surface area (Å²) in [4.78, 5) is 34.7. The predicted octanol–water partition coefficient (Wildman–Crippen LogP) is 2.23. The van der Waals surface area contributed by atoms with Gasteiger partial charge in [-0.25, -0.2) is 9.97 Å². The highest BCUT2D eigenvalue weighted by Crippen LogP contribution is 2.17. The fraction of sp³-hybridized carbons (Fsp3) is 0.474. The van der Waals surface area contributed by atoms with E-state index in [1.165, 1.54) is 0 Å². The van der Waals surface area contributed by atoms with Gasteiger partial charge < -0.3 is 10.2 Å². The van der Waals surface area contributed by atoms with Crippen molar-refractivity contribution in [2.24, 2.45) is 5.92 Å². The van der Waals surface area contributed by atoms with Crippen LogP contribution in [0, 0.1) is 19.8 Å². The van der Waals surface area contributed by atoms with E-state index < -0.39 is 0 Å².